The molecule has 0 bridgehead atoms. The Bertz CT molecular complexity index is 882. The zero-order valence-electron chi connectivity index (χ0n) is 14.3. The van der Waals surface area contributed by atoms with Crippen LogP contribution in [0.15, 0.2) is 30.3 Å². The fourth-order valence-corrected chi connectivity index (χ4v) is 3.57. The van der Waals surface area contributed by atoms with Gasteiger partial charge in [0.2, 0.25) is 5.91 Å². The number of carbonyl (C=O) groups is 1. The number of aryl methyl sites for hydroxylation is 1. The van der Waals surface area contributed by atoms with E-state index in [9.17, 15) is 4.79 Å². The third kappa shape index (κ3) is 3.26. The molecule has 24 heavy (non-hydrogen) atoms. The minimum atomic E-state index is -0.0660. The molecule has 0 unspecified atom stereocenters. The molecule has 4 nitrogen and oxygen atoms in total. The van der Waals surface area contributed by atoms with Gasteiger partial charge in [-0.1, -0.05) is 12.1 Å². The topological polar surface area (TPSA) is 51.2 Å². The second kappa shape index (κ2) is 6.61. The summed E-state index contributed by atoms with van der Waals surface area (Å²) < 4.78 is 7.18. The van der Waals surface area contributed by atoms with E-state index in [-0.39, 0.29) is 5.91 Å². The van der Waals surface area contributed by atoms with Crippen molar-refractivity contribution in [1.82, 2.24) is 4.98 Å². The van der Waals surface area contributed by atoms with Crippen LogP contribution in [0, 0.1) is 20.8 Å². The van der Waals surface area contributed by atoms with Crippen LogP contribution in [0.5, 0.6) is 5.75 Å². The third-order valence-corrected chi connectivity index (χ3v) is 5.05. The van der Waals surface area contributed by atoms with Crippen LogP contribution in [0.25, 0.3) is 10.2 Å². The standard InChI is InChI=1S/C19H20N2O2S/c1-11-9-16(12(2)13(3)19(11)20-14(4)22)23-10-18-21-15-7-5-6-8-17(15)24-18/h5-9H,10H2,1-4H3,(H,20,22). The molecule has 0 spiro atoms. The Kier molecular flexibility index (Phi) is 4.53. The Labute approximate surface area is 145 Å². The van der Waals surface area contributed by atoms with Gasteiger partial charge in [-0.15, -0.1) is 11.3 Å². The number of nitrogens with zero attached hydrogens (tertiary/aromatic N) is 1. The van der Waals surface area contributed by atoms with Crippen LogP contribution in [-0.4, -0.2) is 10.9 Å². The maximum absolute atomic E-state index is 11.4. The smallest absolute Gasteiger partial charge is 0.221 e. The first kappa shape index (κ1) is 16.5. The first-order valence-electron chi connectivity index (χ1n) is 7.81. The molecular formula is C19H20N2O2S. The number of fused-ring (bicyclic) bond motifs is 1. The SMILES string of the molecule is CC(=O)Nc1c(C)cc(OCc2nc3ccccc3s2)c(C)c1C. The largest absolute Gasteiger partial charge is 0.486 e. The van der Waals surface area contributed by atoms with Gasteiger partial charge < -0.3 is 10.1 Å². The van der Waals surface area contributed by atoms with E-state index in [1.54, 1.807) is 11.3 Å². The van der Waals surface area contributed by atoms with Crippen molar-refractivity contribution in [1.29, 1.82) is 0 Å². The molecule has 0 aliphatic carbocycles. The lowest BCUT2D eigenvalue weighted by atomic mass is 10.0. The van der Waals surface area contributed by atoms with Gasteiger partial charge in [-0.05, 0) is 55.7 Å². The second-order valence-corrected chi connectivity index (χ2v) is 6.98. The molecule has 0 aliphatic rings. The van der Waals surface area contributed by atoms with E-state index < -0.39 is 0 Å². The van der Waals surface area contributed by atoms with Crippen LogP contribution in [0.4, 0.5) is 5.69 Å². The van der Waals surface area contributed by atoms with E-state index in [2.05, 4.69) is 16.4 Å². The fraction of sp³-hybridized carbons (Fsp3) is 0.263. The van der Waals surface area contributed by atoms with Crippen molar-refractivity contribution >= 4 is 33.1 Å². The van der Waals surface area contributed by atoms with E-state index in [1.165, 1.54) is 11.6 Å². The lowest BCUT2D eigenvalue weighted by Gasteiger charge is -2.17. The van der Waals surface area contributed by atoms with Crippen molar-refractivity contribution in [2.75, 3.05) is 5.32 Å². The molecule has 0 atom stereocenters. The monoisotopic (exact) mass is 340 g/mol. The zero-order valence-corrected chi connectivity index (χ0v) is 15.1. The Morgan fingerprint density at radius 1 is 1.21 bits per heavy atom. The molecule has 1 N–H and O–H groups in total. The molecule has 1 amide bonds. The molecule has 2 aromatic carbocycles. The first-order chi connectivity index (χ1) is 11.5. The lowest BCUT2D eigenvalue weighted by molar-refractivity contribution is -0.114. The van der Waals surface area contributed by atoms with Gasteiger partial charge in [0.1, 0.15) is 17.4 Å². The average Bonchev–Trinajstić information content (AvgIpc) is 2.96. The van der Waals surface area contributed by atoms with Crippen molar-refractivity contribution in [2.45, 2.75) is 34.3 Å². The van der Waals surface area contributed by atoms with E-state index >= 15 is 0 Å². The van der Waals surface area contributed by atoms with Crippen LogP contribution in [-0.2, 0) is 11.4 Å². The Balaban J connectivity index is 1.83. The molecule has 5 heteroatoms. The van der Waals surface area contributed by atoms with E-state index in [0.29, 0.717) is 6.61 Å². The van der Waals surface area contributed by atoms with Crippen molar-refractivity contribution in [2.24, 2.45) is 0 Å². The summed E-state index contributed by atoms with van der Waals surface area (Å²) in [4.78, 5) is 16.0. The molecule has 3 rings (SSSR count). The van der Waals surface area contributed by atoms with Gasteiger partial charge >= 0.3 is 0 Å². The number of para-hydroxylation sites is 1. The van der Waals surface area contributed by atoms with Crippen LogP contribution in [0.1, 0.15) is 28.6 Å². The molecule has 0 saturated carbocycles. The second-order valence-electron chi connectivity index (χ2n) is 5.86. The van der Waals surface area contributed by atoms with Crippen LogP contribution in [0.3, 0.4) is 0 Å². The molecule has 1 aromatic heterocycles. The summed E-state index contributed by atoms with van der Waals surface area (Å²) in [6.45, 7) is 7.94. The molecule has 1 heterocycles. The van der Waals surface area contributed by atoms with Gasteiger partial charge in [-0.25, -0.2) is 4.98 Å². The maximum Gasteiger partial charge on any atom is 0.221 e. The van der Waals surface area contributed by atoms with Gasteiger partial charge in [-0.3, -0.25) is 4.79 Å². The molecule has 124 valence electrons. The number of anilines is 1. The van der Waals surface area contributed by atoms with Crippen molar-refractivity contribution in [3.8, 4) is 5.75 Å². The summed E-state index contributed by atoms with van der Waals surface area (Å²) in [6, 6.07) is 10.1. The minimum Gasteiger partial charge on any atom is -0.486 e. The normalized spacial score (nSPS) is 10.8. The first-order valence-corrected chi connectivity index (χ1v) is 8.63. The highest BCUT2D eigenvalue weighted by atomic mass is 32.1. The number of aromatic nitrogens is 1. The number of hydrogen-bond donors (Lipinski definition) is 1. The number of carbonyl (C=O) groups excluding carboxylic acids is 1. The van der Waals surface area contributed by atoms with Gasteiger partial charge in [0.05, 0.1) is 10.2 Å². The molecular weight excluding hydrogens is 320 g/mol. The predicted molar refractivity (Wildman–Crippen MR) is 98.9 cm³/mol. The maximum atomic E-state index is 11.4. The number of nitrogens with one attached hydrogen (secondary N) is 1. The highest BCUT2D eigenvalue weighted by Gasteiger charge is 2.13. The number of rotatable bonds is 4. The molecule has 0 aliphatic heterocycles. The highest BCUT2D eigenvalue weighted by molar-refractivity contribution is 7.18. The quantitative estimate of drug-likeness (QED) is 0.745. The summed E-state index contributed by atoms with van der Waals surface area (Å²) in [5, 5.41) is 3.85. The number of ether oxygens (including phenoxy) is 1. The molecule has 3 aromatic rings. The summed E-state index contributed by atoms with van der Waals surface area (Å²) in [5.74, 6) is 0.766. The molecule has 0 radical (unpaired) electrons. The highest BCUT2D eigenvalue weighted by Crippen LogP contribution is 2.32. The van der Waals surface area contributed by atoms with Crippen LogP contribution < -0.4 is 10.1 Å². The Morgan fingerprint density at radius 2 is 1.96 bits per heavy atom. The Morgan fingerprint density at radius 3 is 2.67 bits per heavy atom. The van der Waals surface area contributed by atoms with Crippen LogP contribution >= 0.6 is 11.3 Å². The summed E-state index contributed by atoms with van der Waals surface area (Å²) >= 11 is 1.65. The van der Waals surface area contributed by atoms with Crippen molar-refractivity contribution in [3.05, 3.63) is 52.0 Å². The van der Waals surface area contributed by atoms with Gasteiger partial charge in [0.15, 0.2) is 0 Å². The van der Waals surface area contributed by atoms with Gasteiger partial charge in [0.25, 0.3) is 0 Å². The number of thiazole rings is 1. The van der Waals surface area contributed by atoms with Gasteiger partial charge in [0, 0.05) is 12.6 Å². The summed E-state index contributed by atoms with van der Waals surface area (Å²) in [6.07, 6.45) is 0. The van der Waals surface area contributed by atoms with Gasteiger partial charge in [-0.2, -0.15) is 0 Å². The number of hydrogen-bond acceptors (Lipinski definition) is 4. The molecule has 0 fully saturated rings. The number of benzene rings is 2. The average molecular weight is 340 g/mol. The zero-order chi connectivity index (χ0) is 17.3. The minimum absolute atomic E-state index is 0.0660. The predicted octanol–water partition coefficient (Wildman–Crippen LogP) is 4.76. The van der Waals surface area contributed by atoms with Crippen molar-refractivity contribution in [3.63, 3.8) is 0 Å². The summed E-state index contributed by atoms with van der Waals surface area (Å²) in [7, 11) is 0. The van der Waals surface area contributed by atoms with E-state index in [1.807, 2.05) is 45.0 Å². The van der Waals surface area contributed by atoms with Crippen LogP contribution in [0.2, 0.25) is 0 Å². The lowest BCUT2D eigenvalue weighted by Crippen LogP contribution is -2.10. The number of amides is 1. The van der Waals surface area contributed by atoms with Crippen molar-refractivity contribution < 1.29 is 9.53 Å². The summed E-state index contributed by atoms with van der Waals surface area (Å²) in [5.41, 5.74) is 4.93. The molecule has 0 saturated heterocycles. The fourth-order valence-electron chi connectivity index (χ4n) is 2.68. The Hall–Kier alpha value is -2.40. The third-order valence-electron chi connectivity index (χ3n) is 4.04. The van der Waals surface area contributed by atoms with E-state index in [4.69, 9.17) is 4.74 Å². The van der Waals surface area contributed by atoms with E-state index in [0.717, 1.165) is 38.7 Å².